The molecular weight excluding hydrogens is 260 g/mol. The lowest BCUT2D eigenvalue weighted by atomic mass is 10.2. The van der Waals surface area contributed by atoms with Crippen LogP contribution in [0, 0.1) is 6.92 Å². The van der Waals surface area contributed by atoms with Crippen molar-refractivity contribution in [1.82, 2.24) is 9.78 Å². The second kappa shape index (κ2) is 5.64. The van der Waals surface area contributed by atoms with Crippen LogP contribution in [0.5, 0.6) is 11.5 Å². The molecule has 0 aliphatic heterocycles. The van der Waals surface area contributed by atoms with Crippen LogP contribution in [0.3, 0.4) is 0 Å². The normalized spacial score (nSPS) is 10.3. The van der Waals surface area contributed by atoms with E-state index in [0.717, 1.165) is 5.69 Å². The number of hydrogen-bond acceptors (Lipinski definition) is 4. The average Bonchev–Trinajstić information content (AvgIpc) is 2.78. The first kappa shape index (κ1) is 13.9. The molecule has 20 heavy (non-hydrogen) atoms. The largest absolute Gasteiger partial charge is 0.497 e. The number of ether oxygens (including phenoxy) is 2. The van der Waals surface area contributed by atoms with Crippen LogP contribution < -0.4 is 9.47 Å². The number of carbonyl (C=O) groups is 1. The Hall–Kier alpha value is -2.50. The highest BCUT2D eigenvalue weighted by Gasteiger charge is 2.14. The van der Waals surface area contributed by atoms with Gasteiger partial charge >= 0.3 is 5.97 Å². The van der Waals surface area contributed by atoms with E-state index in [2.05, 4.69) is 5.10 Å². The van der Waals surface area contributed by atoms with Crippen LogP contribution in [-0.2, 0) is 11.2 Å². The number of hydrogen-bond donors (Lipinski definition) is 1. The molecule has 1 N–H and O–H groups in total. The van der Waals surface area contributed by atoms with E-state index in [9.17, 15) is 4.79 Å². The van der Waals surface area contributed by atoms with Crippen molar-refractivity contribution in [3.05, 3.63) is 35.7 Å². The van der Waals surface area contributed by atoms with Gasteiger partial charge < -0.3 is 14.6 Å². The highest BCUT2D eigenvalue weighted by Crippen LogP contribution is 2.28. The van der Waals surface area contributed by atoms with Gasteiger partial charge in [0.1, 0.15) is 17.2 Å². The van der Waals surface area contributed by atoms with Crippen molar-refractivity contribution in [2.75, 3.05) is 14.2 Å². The van der Waals surface area contributed by atoms with Crippen LogP contribution >= 0.6 is 0 Å². The summed E-state index contributed by atoms with van der Waals surface area (Å²) in [5.74, 6) is 0.430. The Morgan fingerprint density at radius 1 is 1.35 bits per heavy atom. The Labute approximate surface area is 116 Å². The van der Waals surface area contributed by atoms with Gasteiger partial charge in [-0.15, -0.1) is 0 Å². The Kier molecular flexibility index (Phi) is 3.93. The van der Waals surface area contributed by atoms with E-state index in [1.165, 1.54) is 0 Å². The maximum atomic E-state index is 10.8. The molecule has 1 heterocycles. The molecule has 0 radical (unpaired) electrons. The number of benzene rings is 1. The number of carboxylic acid groups (broad SMARTS) is 1. The fourth-order valence-corrected chi connectivity index (χ4v) is 1.99. The van der Waals surface area contributed by atoms with Gasteiger partial charge in [-0.1, -0.05) is 0 Å². The van der Waals surface area contributed by atoms with Crippen molar-refractivity contribution in [2.45, 2.75) is 13.3 Å². The quantitative estimate of drug-likeness (QED) is 0.901. The molecule has 0 saturated heterocycles. The Balaban J connectivity index is 2.50. The van der Waals surface area contributed by atoms with Gasteiger partial charge in [0, 0.05) is 17.3 Å². The summed E-state index contributed by atoms with van der Waals surface area (Å²) in [6.07, 6.45) is 1.50. The van der Waals surface area contributed by atoms with Crippen molar-refractivity contribution in [2.24, 2.45) is 0 Å². The van der Waals surface area contributed by atoms with Crippen molar-refractivity contribution in [3.63, 3.8) is 0 Å². The Morgan fingerprint density at radius 2 is 2.10 bits per heavy atom. The number of nitrogens with zero attached hydrogens (tertiary/aromatic N) is 2. The Bertz CT molecular complexity index is 634. The fraction of sp³-hybridized carbons (Fsp3) is 0.286. The smallest absolute Gasteiger partial charge is 0.307 e. The van der Waals surface area contributed by atoms with Crippen molar-refractivity contribution >= 4 is 5.97 Å². The van der Waals surface area contributed by atoms with E-state index in [-0.39, 0.29) is 6.42 Å². The third-order valence-electron chi connectivity index (χ3n) is 3.07. The predicted molar refractivity (Wildman–Crippen MR) is 72.7 cm³/mol. The minimum absolute atomic E-state index is 0.0574. The molecule has 0 spiro atoms. The van der Waals surface area contributed by atoms with Crippen molar-refractivity contribution in [1.29, 1.82) is 0 Å². The minimum Gasteiger partial charge on any atom is -0.497 e. The molecule has 2 aromatic rings. The van der Waals surface area contributed by atoms with Gasteiger partial charge in [0.2, 0.25) is 0 Å². The summed E-state index contributed by atoms with van der Waals surface area (Å²) in [6.45, 7) is 1.82. The first-order valence-corrected chi connectivity index (χ1v) is 6.04. The van der Waals surface area contributed by atoms with Gasteiger partial charge in [-0.2, -0.15) is 5.10 Å². The van der Waals surface area contributed by atoms with E-state index >= 15 is 0 Å². The summed E-state index contributed by atoms with van der Waals surface area (Å²) in [7, 11) is 3.15. The zero-order valence-corrected chi connectivity index (χ0v) is 11.6. The van der Waals surface area contributed by atoms with E-state index in [1.807, 2.05) is 6.92 Å². The van der Waals surface area contributed by atoms with Gasteiger partial charge in [-0.25, -0.2) is 4.68 Å². The first-order chi connectivity index (χ1) is 9.56. The first-order valence-electron chi connectivity index (χ1n) is 6.04. The lowest BCUT2D eigenvalue weighted by Crippen LogP contribution is -2.05. The van der Waals surface area contributed by atoms with E-state index < -0.39 is 5.97 Å². The third-order valence-corrected chi connectivity index (χ3v) is 3.07. The van der Waals surface area contributed by atoms with Crippen LogP contribution in [0.4, 0.5) is 0 Å². The average molecular weight is 276 g/mol. The molecule has 0 amide bonds. The molecule has 0 fully saturated rings. The lowest BCUT2D eigenvalue weighted by molar-refractivity contribution is -0.136. The van der Waals surface area contributed by atoms with Gasteiger partial charge in [0.05, 0.1) is 26.8 Å². The lowest BCUT2D eigenvalue weighted by Gasteiger charge is -2.12. The van der Waals surface area contributed by atoms with Crippen molar-refractivity contribution in [3.8, 4) is 17.2 Å². The predicted octanol–water partition coefficient (Wildman–Crippen LogP) is 1.83. The topological polar surface area (TPSA) is 73.6 Å². The molecule has 0 atom stereocenters. The second-order valence-corrected chi connectivity index (χ2v) is 4.28. The molecule has 106 valence electrons. The second-order valence-electron chi connectivity index (χ2n) is 4.28. The highest BCUT2D eigenvalue weighted by atomic mass is 16.5. The number of aliphatic carboxylic acids is 1. The maximum Gasteiger partial charge on any atom is 0.307 e. The summed E-state index contributed by atoms with van der Waals surface area (Å²) < 4.78 is 12.2. The number of methoxy groups -OCH3 is 2. The van der Waals surface area contributed by atoms with Crippen LogP contribution in [-0.4, -0.2) is 35.1 Å². The van der Waals surface area contributed by atoms with Gasteiger partial charge in [0.15, 0.2) is 0 Å². The summed E-state index contributed by atoms with van der Waals surface area (Å²) in [6, 6.07) is 5.37. The Morgan fingerprint density at radius 3 is 2.70 bits per heavy atom. The van der Waals surface area contributed by atoms with Crippen LogP contribution in [0.2, 0.25) is 0 Å². The molecule has 6 nitrogen and oxygen atoms in total. The van der Waals surface area contributed by atoms with Gasteiger partial charge in [-0.3, -0.25) is 4.79 Å². The summed E-state index contributed by atoms with van der Waals surface area (Å²) in [5, 5.41) is 13.1. The molecule has 0 aliphatic carbocycles. The highest BCUT2D eigenvalue weighted by molar-refractivity contribution is 5.70. The number of carboxylic acids is 1. The summed E-state index contributed by atoms with van der Waals surface area (Å²) in [5.41, 5.74) is 2.14. The minimum atomic E-state index is -0.884. The van der Waals surface area contributed by atoms with E-state index in [4.69, 9.17) is 14.6 Å². The van der Waals surface area contributed by atoms with Crippen LogP contribution in [0.25, 0.3) is 5.69 Å². The third kappa shape index (κ3) is 2.59. The SMILES string of the molecule is COc1ccc(OC)c(-n2ncc(CC(=O)O)c2C)c1. The molecule has 0 saturated carbocycles. The monoisotopic (exact) mass is 276 g/mol. The van der Waals surface area contributed by atoms with E-state index in [0.29, 0.717) is 22.7 Å². The zero-order valence-electron chi connectivity index (χ0n) is 11.6. The number of aromatic nitrogens is 2. The fourth-order valence-electron chi connectivity index (χ4n) is 1.99. The molecular formula is C14H16N2O4. The molecule has 0 bridgehead atoms. The van der Waals surface area contributed by atoms with Crippen LogP contribution in [0.1, 0.15) is 11.3 Å². The summed E-state index contributed by atoms with van der Waals surface area (Å²) in [4.78, 5) is 10.8. The molecule has 2 rings (SSSR count). The van der Waals surface area contributed by atoms with E-state index in [1.54, 1.807) is 43.3 Å². The van der Waals surface area contributed by atoms with Crippen LogP contribution in [0.15, 0.2) is 24.4 Å². The van der Waals surface area contributed by atoms with Gasteiger partial charge in [0.25, 0.3) is 0 Å². The molecule has 1 aromatic carbocycles. The summed E-state index contributed by atoms with van der Waals surface area (Å²) >= 11 is 0. The molecule has 6 heteroatoms. The molecule has 0 aliphatic rings. The van der Waals surface area contributed by atoms with Crippen molar-refractivity contribution < 1.29 is 19.4 Å². The maximum absolute atomic E-state index is 10.8. The molecule has 1 aromatic heterocycles. The standard InChI is InChI=1S/C14H16N2O4/c1-9-10(6-14(17)18)8-15-16(9)12-7-11(19-2)4-5-13(12)20-3/h4-5,7-8H,6H2,1-3H3,(H,17,18). The number of rotatable bonds is 5. The van der Waals surface area contributed by atoms with Gasteiger partial charge in [-0.05, 0) is 19.1 Å². The molecule has 0 unspecified atom stereocenters. The zero-order chi connectivity index (χ0) is 14.7.